The highest BCUT2D eigenvalue weighted by molar-refractivity contribution is 6.32. The van der Waals surface area contributed by atoms with Crippen molar-refractivity contribution in [3.05, 3.63) is 69.9 Å². The highest BCUT2D eigenvalue weighted by Gasteiger charge is 2.22. The van der Waals surface area contributed by atoms with E-state index in [2.05, 4.69) is 30.4 Å². The first kappa shape index (κ1) is 18.9. The van der Waals surface area contributed by atoms with Gasteiger partial charge in [0, 0.05) is 10.6 Å². The molecule has 2 aromatic heterocycles. The lowest BCUT2D eigenvalue weighted by Gasteiger charge is -2.21. The van der Waals surface area contributed by atoms with Crippen molar-refractivity contribution in [2.45, 2.75) is 19.9 Å². The Bertz CT molecular complexity index is 1230. The lowest BCUT2D eigenvalue weighted by molar-refractivity contribution is 0.628. The second-order valence-electron chi connectivity index (χ2n) is 6.59. The van der Waals surface area contributed by atoms with Crippen LogP contribution in [0.15, 0.2) is 48.2 Å². The van der Waals surface area contributed by atoms with Gasteiger partial charge in [0.1, 0.15) is 23.3 Å². The standard InChI is InChI=1S/C20H16ClFN6O/c1-10-15(21)7-14(16(17(10)28-29)12-4-3-5-13(22)6-12)11(2)27-20-18-19(24-8-23-18)25-9-26-20/h3-9,11H,1-2H3,(H2,23,24,25,26,27). The number of benzene rings is 2. The summed E-state index contributed by atoms with van der Waals surface area (Å²) in [4.78, 5) is 27.2. The van der Waals surface area contributed by atoms with Crippen LogP contribution in [0.4, 0.5) is 15.9 Å². The molecule has 0 aliphatic carbocycles. The molecule has 0 spiro atoms. The van der Waals surface area contributed by atoms with Crippen LogP contribution in [0.2, 0.25) is 5.02 Å². The van der Waals surface area contributed by atoms with Gasteiger partial charge in [0.05, 0.1) is 12.4 Å². The number of aromatic nitrogens is 4. The summed E-state index contributed by atoms with van der Waals surface area (Å²) in [5, 5.41) is 6.89. The van der Waals surface area contributed by atoms with Gasteiger partial charge in [-0.15, -0.1) is 4.91 Å². The van der Waals surface area contributed by atoms with E-state index in [0.717, 1.165) is 0 Å². The summed E-state index contributed by atoms with van der Waals surface area (Å²) in [6.45, 7) is 3.60. The zero-order chi connectivity index (χ0) is 20.5. The summed E-state index contributed by atoms with van der Waals surface area (Å²) in [6.07, 6.45) is 2.94. The molecule has 2 heterocycles. The third kappa shape index (κ3) is 3.42. The minimum Gasteiger partial charge on any atom is -0.362 e. The molecule has 4 rings (SSSR count). The zero-order valence-corrected chi connectivity index (χ0v) is 16.3. The van der Waals surface area contributed by atoms with Gasteiger partial charge in [-0.2, -0.15) is 0 Å². The Labute approximate surface area is 170 Å². The lowest BCUT2D eigenvalue weighted by atomic mass is 9.91. The fraction of sp³-hybridized carbons (Fsp3) is 0.150. The number of H-pyrrole nitrogens is 1. The number of anilines is 1. The van der Waals surface area contributed by atoms with Crippen LogP contribution in [0.25, 0.3) is 22.3 Å². The maximum Gasteiger partial charge on any atom is 0.182 e. The van der Waals surface area contributed by atoms with E-state index in [9.17, 15) is 9.30 Å². The number of hydrogen-bond acceptors (Lipinski definition) is 6. The molecule has 0 radical (unpaired) electrons. The molecule has 9 heteroatoms. The van der Waals surface area contributed by atoms with Gasteiger partial charge in [0.2, 0.25) is 0 Å². The summed E-state index contributed by atoms with van der Waals surface area (Å²) >= 11 is 6.37. The monoisotopic (exact) mass is 410 g/mol. The Hall–Kier alpha value is -3.39. The predicted octanol–water partition coefficient (Wildman–Crippen LogP) is 5.69. The molecular weight excluding hydrogens is 395 g/mol. The fourth-order valence-electron chi connectivity index (χ4n) is 3.31. The number of imidazole rings is 1. The molecule has 1 unspecified atom stereocenters. The highest BCUT2D eigenvalue weighted by atomic mass is 35.5. The Morgan fingerprint density at radius 3 is 2.83 bits per heavy atom. The Balaban J connectivity index is 1.87. The maximum absolute atomic E-state index is 13.9. The Morgan fingerprint density at radius 2 is 2.07 bits per heavy atom. The summed E-state index contributed by atoms with van der Waals surface area (Å²) in [6, 6.07) is 7.45. The van der Waals surface area contributed by atoms with Crippen molar-refractivity contribution in [3.8, 4) is 11.1 Å². The molecule has 2 N–H and O–H groups in total. The lowest BCUT2D eigenvalue weighted by Crippen LogP contribution is -2.10. The van der Waals surface area contributed by atoms with Gasteiger partial charge in [-0.25, -0.2) is 19.3 Å². The minimum atomic E-state index is -0.409. The van der Waals surface area contributed by atoms with Gasteiger partial charge < -0.3 is 10.3 Å². The van der Waals surface area contributed by atoms with Crippen molar-refractivity contribution in [2.75, 3.05) is 5.32 Å². The summed E-state index contributed by atoms with van der Waals surface area (Å²) in [7, 11) is 0. The van der Waals surface area contributed by atoms with E-state index in [0.29, 0.717) is 44.3 Å². The fourth-order valence-corrected chi connectivity index (χ4v) is 3.52. The van der Waals surface area contributed by atoms with Gasteiger partial charge in [-0.1, -0.05) is 23.7 Å². The number of rotatable bonds is 5. The number of hydrogen-bond donors (Lipinski definition) is 2. The molecule has 1 atom stereocenters. The van der Waals surface area contributed by atoms with Gasteiger partial charge in [-0.3, -0.25) is 0 Å². The third-order valence-electron chi connectivity index (χ3n) is 4.77. The molecule has 7 nitrogen and oxygen atoms in total. The van der Waals surface area contributed by atoms with E-state index >= 15 is 0 Å². The third-order valence-corrected chi connectivity index (χ3v) is 5.16. The minimum absolute atomic E-state index is 0.182. The second-order valence-corrected chi connectivity index (χ2v) is 6.99. The van der Waals surface area contributed by atoms with Crippen LogP contribution in [0.5, 0.6) is 0 Å². The van der Waals surface area contributed by atoms with Crippen LogP contribution in [0, 0.1) is 17.6 Å². The molecule has 0 bridgehead atoms. The molecule has 146 valence electrons. The van der Waals surface area contributed by atoms with Crippen LogP contribution in [0.1, 0.15) is 24.1 Å². The van der Waals surface area contributed by atoms with E-state index in [1.54, 1.807) is 25.1 Å². The topological polar surface area (TPSA) is 95.9 Å². The van der Waals surface area contributed by atoms with Crippen molar-refractivity contribution in [1.82, 2.24) is 19.9 Å². The van der Waals surface area contributed by atoms with Crippen molar-refractivity contribution in [2.24, 2.45) is 5.18 Å². The summed E-state index contributed by atoms with van der Waals surface area (Å²) in [5.74, 6) is 0.135. The quantitative estimate of drug-likeness (QED) is 0.412. The molecule has 29 heavy (non-hydrogen) atoms. The van der Waals surface area contributed by atoms with E-state index in [1.807, 2.05) is 6.92 Å². The molecule has 0 saturated carbocycles. The van der Waals surface area contributed by atoms with Gasteiger partial charge in [-0.05, 0) is 53.9 Å². The van der Waals surface area contributed by atoms with Crippen LogP contribution in [-0.4, -0.2) is 19.9 Å². The van der Waals surface area contributed by atoms with Gasteiger partial charge in [0.25, 0.3) is 0 Å². The normalized spacial score (nSPS) is 12.1. The molecule has 0 aliphatic heterocycles. The SMILES string of the molecule is Cc1c(Cl)cc(C(C)Nc2ncnc3nc[nH]c23)c(-c2cccc(F)c2)c1N=O. The Morgan fingerprint density at radius 1 is 1.24 bits per heavy atom. The average Bonchev–Trinajstić information content (AvgIpc) is 3.19. The number of halogens is 2. The predicted molar refractivity (Wildman–Crippen MR) is 111 cm³/mol. The highest BCUT2D eigenvalue weighted by Crippen LogP contribution is 2.43. The first-order chi connectivity index (χ1) is 14.0. The first-order valence-electron chi connectivity index (χ1n) is 8.82. The molecule has 0 aliphatic rings. The molecular formula is C20H16ClFN6O. The molecule has 4 aromatic rings. The van der Waals surface area contributed by atoms with Crippen molar-refractivity contribution in [3.63, 3.8) is 0 Å². The smallest absolute Gasteiger partial charge is 0.182 e. The number of aromatic amines is 1. The second kappa shape index (κ2) is 7.56. The van der Waals surface area contributed by atoms with Crippen molar-refractivity contribution >= 4 is 34.3 Å². The number of fused-ring (bicyclic) bond motifs is 1. The van der Waals surface area contributed by atoms with Crippen LogP contribution < -0.4 is 5.32 Å². The van der Waals surface area contributed by atoms with E-state index in [1.165, 1.54) is 24.8 Å². The largest absolute Gasteiger partial charge is 0.362 e. The number of nitrogens with zero attached hydrogens (tertiary/aromatic N) is 4. The van der Waals surface area contributed by atoms with Gasteiger partial charge in [0.15, 0.2) is 11.5 Å². The summed E-state index contributed by atoms with van der Waals surface area (Å²) < 4.78 is 13.9. The van der Waals surface area contributed by atoms with E-state index < -0.39 is 5.82 Å². The average molecular weight is 411 g/mol. The van der Waals surface area contributed by atoms with E-state index in [4.69, 9.17) is 11.6 Å². The van der Waals surface area contributed by atoms with Crippen LogP contribution >= 0.6 is 11.6 Å². The number of nitroso groups, excluding NO2 is 1. The Kier molecular flexibility index (Phi) is 4.94. The van der Waals surface area contributed by atoms with Crippen molar-refractivity contribution in [1.29, 1.82) is 0 Å². The molecule has 2 aromatic carbocycles. The van der Waals surface area contributed by atoms with Crippen molar-refractivity contribution < 1.29 is 4.39 Å². The molecule has 0 amide bonds. The van der Waals surface area contributed by atoms with Gasteiger partial charge >= 0.3 is 0 Å². The maximum atomic E-state index is 13.9. The zero-order valence-electron chi connectivity index (χ0n) is 15.6. The van der Waals surface area contributed by atoms with Crippen LogP contribution in [0.3, 0.4) is 0 Å². The first-order valence-corrected chi connectivity index (χ1v) is 9.20. The summed E-state index contributed by atoms with van der Waals surface area (Å²) in [5.41, 5.74) is 3.65. The number of nitrogens with one attached hydrogen (secondary N) is 2. The molecule has 0 fully saturated rings. The van der Waals surface area contributed by atoms with E-state index in [-0.39, 0.29) is 11.7 Å². The molecule has 0 saturated heterocycles. The van der Waals surface area contributed by atoms with Crippen LogP contribution in [-0.2, 0) is 0 Å².